The Morgan fingerprint density at radius 2 is 1.57 bits per heavy atom. The highest BCUT2D eigenvalue weighted by Crippen LogP contribution is 2.37. The van der Waals surface area contributed by atoms with Gasteiger partial charge in [0.05, 0.1) is 23.1 Å². The van der Waals surface area contributed by atoms with E-state index < -0.39 is 0 Å². The van der Waals surface area contributed by atoms with Gasteiger partial charge in [0, 0.05) is 19.3 Å². The average Bonchev–Trinajstić information content (AvgIpc) is 3.40. The molecule has 154 valence electrons. The maximum Gasteiger partial charge on any atom is 0.329 e. The first-order valence-corrected chi connectivity index (χ1v) is 11.0. The number of anilines is 2. The molecule has 2 aliphatic rings. The molecule has 0 unspecified atom stereocenters. The average molecular weight is 401 g/mol. The molecule has 1 aromatic heterocycles. The van der Waals surface area contributed by atoms with Crippen LogP contribution in [0.4, 0.5) is 16.2 Å². The van der Waals surface area contributed by atoms with Gasteiger partial charge < -0.3 is 9.47 Å². The Morgan fingerprint density at radius 3 is 2.20 bits per heavy atom. The summed E-state index contributed by atoms with van der Waals surface area (Å²) in [5, 5.41) is 0. The van der Waals surface area contributed by atoms with Gasteiger partial charge in [0.1, 0.15) is 5.82 Å². The maximum absolute atomic E-state index is 13.9. The van der Waals surface area contributed by atoms with Crippen LogP contribution in [0.2, 0.25) is 0 Å². The normalized spacial score (nSPS) is 18.3. The molecule has 0 spiro atoms. The van der Waals surface area contributed by atoms with Gasteiger partial charge in [-0.1, -0.05) is 36.4 Å². The minimum absolute atomic E-state index is 0.0240. The molecular formula is C25H28N4O. The van der Waals surface area contributed by atoms with Crippen molar-refractivity contribution in [3.8, 4) is 0 Å². The molecule has 1 aliphatic carbocycles. The summed E-state index contributed by atoms with van der Waals surface area (Å²) in [4.78, 5) is 22.8. The Labute approximate surface area is 178 Å². The van der Waals surface area contributed by atoms with Crippen LogP contribution < -0.4 is 4.90 Å². The second kappa shape index (κ2) is 7.98. The Hall–Kier alpha value is -3.08. The number of hydrogen-bond donors (Lipinski definition) is 0. The number of urea groups is 1. The Morgan fingerprint density at radius 1 is 0.933 bits per heavy atom. The van der Waals surface area contributed by atoms with Crippen LogP contribution in [0.15, 0.2) is 60.7 Å². The van der Waals surface area contributed by atoms with E-state index in [1.54, 1.807) is 0 Å². The summed E-state index contributed by atoms with van der Waals surface area (Å²) in [6.45, 7) is 0.761. The summed E-state index contributed by atoms with van der Waals surface area (Å²) >= 11 is 0. The SMILES string of the molecule is Cn1c([C@@H]2CCCN2C(=O)N(c2ccccc2)c2ccccc2)nc2c1CCCC2. The van der Waals surface area contributed by atoms with Crippen LogP contribution in [0.25, 0.3) is 0 Å². The van der Waals surface area contributed by atoms with E-state index in [2.05, 4.69) is 11.6 Å². The van der Waals surface area contributed by atoms with Crippen LogP contribution in [0, 0.1) is 0 Å². The molecule has 0 saturated carbocycles. The monoisotopic (exact) mass is 400 g/mol. The molecule has 1 aliphatic heterocycles. The molecule has 1 atom stereocenters. The second-order valence-corrected chi connectivity index (χ2v) is 8.27. The van der Waals surface area contributed by atoms with E-state index in [0.717, 1.165) is 49.4 Å². The molecular weight excluding hydrogens is 372 g/mol. The van der Waals surface area contributed by atoms with Gasteiger partial charge >= 0.3 is 6.03 Å². The van der Waals surface area contributed by atoms with Crippen molar-refractivity contribution in [2.24, 2.45) is 7.05 Å². The molecule has 5 nitrogen and oxygen atoms in total. The molecule has 0 bridgehead atoms. The van der Waals surface area contributed by atoms with Gasteiger partial charge in [0.15, 0.2) is 0 Å². The number of rotatable bonds is 3. The second-order valence-electron chi connectivity index (χ2n) is 8.27. The number of carbonyl (C=O) groups excluding carboxylic acids is 1. The third-order valence-electron chi connectivity index (χ3n) is 6.42. The highest BCUT2D eigenvalue weighted by atomic mass is 16.2. The van der Waals surface area contributed by atoms with Crippen LogP contribution >= 0.6 is 0 Å². The molecule has 1 saturated heterocycles. The number of fused-ring (bicyclic) bond motifs is 1. The van der Waals surface area contributed by atoms with E-state index >= 15 is 0 Å². The summed E-state index contributed by atoms with van der Waals surface area (Å²) in [5.41, 5.74) is 4.37. The van der Waals surface area contributed by atoms with Crippen molar-refractivity contribution in [3.05, 3.63) is 77.9 Å². The number of amides is 2. The third-order valence-corrected chi connectivity index (χ3v) is 6.42. The highest BCUT2D eigenvalue weighted by Gasteiger charge is 2.37. The quantitative estimate of drug-likeness (QED) is 0.591. The lowest BCUT2D eigenvalue weighted by atomic mass is 10.0. The number of carbonyl (C=O) groups is 1. The van der Waals surface area contributed by atoms with Crippen molar-refractivity contribution in [2.75, 3.05) is 11.4 Å². The molecule has 1 fully saturated rings. The minimum atomic E-state index is 0.0240. The lowest BCUT2D eigenvalue weighted by molar-refractivity contribution is 0.199. The van der Waals surface area contributed by atoms with Gasteiger partial charge in [0.25, 0.3) is 0 Å². The predicted octanol–water partition coefficient (Wildman–Crippen LogP) is 5.39. The zero-order chi connectivity index (χ0) is 20.5. The topological polar surface area (TPSA) is 41.4 Å². The fourth-order valence-corrected chi connectivity index (χ4v) is 4.92. The van der Waals surface area contributed by atoms with E-state index in [9.17, 15) is 4.79 Å². The van der Waals surface area contributed by atoms with Crippen LogP contribution in [-0.2, 0) is 19.9 Å². The van der Waals surface area contributed by atoms with Crippen molar-refractivity contribution < 1.29 is 4.79 Å². The van der Waals surface area contributed by atoms with Gasteiger partial charge in [-0.3, -0.25) is 4.90 Å². The van der Waals surface area contributed by atoms with E-state index in [-0.39, 0.29) is 12.1 Å². The van der Waals surface area contributed by atoms with Gasteiger partial charge in [-0.15, -0.1) is 0 Å². The van der Waals surface area contributed by atoms with Crippen molar-refractivity contribution >= 4 is 17.4 Å². The zero-order valence-corrected chi connectivity index (χ0v) is 17.5. The van der Waals surface area contributed by atoms with Gasteiger partial charge in [-0.05, 0) is 62.8 Å². The third kappa shape index (κ3) is 3.28. The Balaban J connectivity index is 1.51. The Bertz CT molecular complexity index is 989. The number of hydrogen-bond acceptors (Lipinski definition) is 2. The van der Waals surface area contributed by atoms with Crippen LogP contribution in [0.5, 0.6) is 0 Å². The fourth-order valence-electron chi connectivity index (χ4n) is 4.92. The standard InChI is InChI=1S/C25H28N4O/c1-27-22-16-9-8-15-21(22)26-24(27)23-17-10-18-28(23)25(30)29(19-11-4-2-5-12-19)20-13-6-3-7-14-20/h2-7,11-14,23H,8-10,15-18H2,1H3/t23-/m0/s1. The lowest BCUT2D eigenvalue weighted by Crippen LogP contribution is -2.41. The number of imidazole rings is 1. The van der Waals surface area contributed by atoms with Gasteiger partial charge in [-0.25, -0.2) is 9.78 Å². The number of likely N-dealkylation sites (tertiary alicyclic amines) is 1. The van der Waals surface area contributed by atoms with E-state index in [4.69, 9.17) is 4.98 Å². The first-order chi connectivity index (χ1) is 14.7. The lowest BCUT2D eigenvalue weighted by Gasteiger charge is -2.32. The maximum atomic E-state index is 13.9. The summed E-state index contributed by atoms with van der Waals surface area (Å²) < 4.78 is 2.26. The molecule has 5 rings (SSSR count). The summed E-state index contributed by atoms with van der Waals surface area (Å²) in [6.07, 6.45) is 6.57. The van der Waals surface area contributed by atoms with Crippen molar-refractivity contribution in [1.29, 1.82) is 0 Å². The van der Waals surface area contributed by atoms with Crippen molar-refractivity contribution in [1.82, 2.24) is 14.5 Å². The van der Waals surface area contributed by atoms with Crippen molar-refractivity contribution in [3.63, 3.8) is 0 Å². The first-order valence-electron chi connectivity index (χ1n) is 11.0. The van der Waals surface area contributed by atoms with E-state index in [1.807, 2.05) is 70.5 Å². The number of para-hydroxylation sites is 2. The first kappa shape index (κ1) is 18.9. The molecule has 5 heteroatoms. The minimum Gasteiger partial charge on any atom is -0.333 e. The summed E-state index contributed by atoms with van der Waals surface area (Å²) in [5.74, 6) is 1.05. The molecule has 2 heterocycles. The highest BCUT2D eigenvalue weighted by molar-refractivity contribution is 5.99. The number of aromatic nitrogens is 2. The largest absolute Gasteiger partial charge is 0.333 e. The zero-order valence-electron chi connectivity index (χ0n) is 17.5. The summed E-state index contributed by atoms with van der Waals surface area (Å²) in [7, 11) is 2.12. The molecule has 3 aromatic rings. The van der Waals surface area contributed by atoms with E-state index in [1.165, 1.54) is 24.2 Å². The van der Waals surface area contributed by atoms with E-state index in [0.29, 0.717) is 0 Å². The molecule has 2 amide bonds. The predicted molar refractivity (Wildman–Crippen MR) is 119 cm³/mol. The van der Waals surface area contributed by atoms with Crippen LogP contribution in [0.3, 0.4) is 0 Å². The molecule has 2 aromatic carbocycles. The molecule has 0 N–H and O–H groups in total. The Kier molecular flexibility index (Phi) is 5.03. The number of nitrogens with zero attached hydrogens (tertiary/aromatic N) is 4. The van der Waals surface area contributed by atoms with Gasteiger partial charge in [-0.2, -0.15) is 0 Å². The van der Waals surface area contributed by atoms with Crippen LogP contribution in [-0.4, -0.2) is 27.0 Å². The number of aryl methyl sites for hydroxylation is 1. The van der Waals surface area contributed by atoms with Crippen LogP contribution in [0.1, 0.15) is 48.9 Å². The molecule has 0 radical (unpaired) electrons. The number of benzene rings is 2. The molecule has 30 heavy (non-hydrogen) atoms. The fraction of sp³-hybridized carbons (Fsp3) is 0.360. The smallest absolute Gasteiger partial charge is 0.329 e. The van der Waals surface area contributed by atoms with Crippen molar-refractivity contribution in [2.45, 2.75) is 44.6 Å². The van der Waals surface area contributed by atoms with Gasteiger partial charge in [0.2, 0.25) is 0 Å². The summed E-state index contributed by atoms with van der Waals surface area (Å²) in [6, 6.07) is 19.9.